The van der Waals surface area contributed by atoms with Crippen LogP contribution in [0.5, 0.6) is 5.75 Å². The number of hydrogen-bond donors (Lipinski definition) is 1. The van der Waals surface area contributed by atoms with Crippen LogP contribution in [0, 0.1) is 0 Å². The molecule has 0 fully saturated rings. The summed E-state index contributed by atoms with van der Waals surface area (Å²) in [5.41, 5.74) is -1.56. The maximum absolute atomic E-state index is 13.2. The Balaban J connectivity index is 1.85. The predicted octanol–water partition coefficient (Wildman–Crippen LogP) is 4.25. The van der Waals surface area contributed by atoms with Gasteiger partial charge in [0.05, 0.1) is 5.56 Å². The fourth-order valence-electron chi connectivity index (χ4n) is 2.43. The lowest BCUT2D eigenvalue weighted by Gasteiger charge is -2.11. The zero-order valence-electron chi connectivity index (χ0n) is 14.9. The molecule has 0 atom stereocenters. The van der Waals surface area contributed by atoms with Crippen molar-refractivity contribution in [3.63, 3.8) is 0 Å². The quantitative estimate of drug-likeness (QED) is 0.514. The molecule has 5 nitrogen and oxygen atoms in total. The maximum Gasteiger partial charge on any atom is 0.416 e. The molecule has 1 amide bonds. The summed E-state index contributed by atoms with van der Waals surface area (Å²) in [6.45, 7) is 0.0986. The van der Waals surface area contributed by atoms with Crippen LogP contribution in [0.4, 0.5) is 13.2 Å². The summed E-state index contributed by atoms with van der Waals surface area (Å²) in [6.07, 6.45) is -4.76. The highest BCUT2D eigenvalue weighted by Crippen LogP contribution is 2.30. The number of ether oxygens (including phenoxy) is 1. The SMILES string of the molecule is O=C(NCc1ccccc1)c1cc(C(F)(F)F)cc(C(=O)Oc2ccccc2)n1. The Labute approximate surface area is 164 Å². The van der Waals surface area contributed by atoms with E-state index in [0.717, 1.165) is 5.56 Å². The topological polar surface area (TPSA) is 68.3 Å². The lowest BCUT2D eigenvalue weighted by Crippen LogP contribution is -2.26. The van der Waals surface area contributed by atoms with E-state index < -0.39 is 35.0 Å². The minimum atomic E-state index is -4.76. The van der Waals surface area contributed by atoms with Crippen molar-refractivity contribution < 1.29 is 27.5 Å². The lowest BCUT2D eigenvalue weighted by atomic mass is 10.1. The largest absolute Gasteiger partial charge is 0.422 e. The summed E-state index contributed by atoms with van der Waals surface area (Å²) in [5, 5.41) is 2.49. The molecule has 0 aliphatic heterocycles. The molecule has 1 N–H and O–H groups in total. The standard InChI is InChI=1S/C21H15F3N2O3/c22-21(23,24)15-11-17(19(27)25-13-14-7-3-1-4-8-14)26-18(12-15)20(28)29-16-9-5-2-6-10-16/h1-12H,13H2,(H,25,27). The van der Waals surface area contributed by atoms with E-state index in [0.29, 0.717) is 12.1 Å². The third-order valence-electron chi connectivity index (χ3n) is 3.84. The van der Waals surface area contributed by atoms with Crippen LogP contribution < -0.4 is 10.1 Å². The van der Waals surface area contributed by atoms with E-state index in [1.807, 2.05) is 0 Å². The van der Waals surface area contributed by atoms with E-state index >= 15 is 0 Å². The van der Waals surface area contributed by atoms with Crippen LogP contribution in [0.25, 0.3) is 0 Å². The zero-order valence-corrected chi connectivity index (χ0v) is 14.9. The summed E-state index contributed by atoms with van der Waals surface area (Å²) in [4.78, 5) is 28.4. The van der Waals surface area contributed by atoms with Gasteiger partial charge in [0.1, 0.15) is 17.1 Å². The number of amides is 1. The fraction of sp³-hybridized carbons (Fsp3) is 0.0952. The van der Waals surface area contributed by atoms with Crippen molar-refractivity contribution in [2.45, 2.75) is 12.7 Å². The van der Waals surface area contributed by atoms with E-state index in [2.05, 4.69) is 10.3 Å². The molecule has 0 spiro atoms. The number of hydrogen-bond acceptors (Lipinski definition) is 4. The van der Waals surface area contributed by atoms with Crippen LogP contribution in [0.2, 0.25) is 0 Å². The van der Waals surface area contributed by atoms with Crippen molar-refractivity contribution in [3.8, 4) is 5.75 Å². The van der Waals surface area contributed by atoms with Crippen molar-refractivity contribution >= 4 is 11.9 Å². The molecule has 0 bridgehead atoms. The first-order valence-corrected chi connectivity index (χ1v) is 8.51. The molecule has 29 heavy (non-hydrogen) atoms. The molecule has 8 heteroatoms. The predicted molar refractivity (Wildman–Crippen MR) is 98.3 cm³/mol. The van der Waals surface area contributed by atoms with Gasteiger partial charge >= 0.3 is 12.1 Å². The van der Waals surface area contributed by atoms with Gasteiger partial charge in [-0.05, 0) is 29.8 Å². The number of nitrogens with one attached hydrogen (secondary N) is 1. The lowest BCUT2D eigenvalue weighted by molar-refractivity contribution is -0.137. The molecule has 0 saturated heterocycles. The van der Waals surface area contributed by atoms with E-state index in [1.54, 1.807) is 48.5 Å². The summed E-state index contributed by atoms with van der Waals surface area (Å²) >= 11 is 0. The maximum atomic E-state index is 13.2. The zero-order chi connectivity index (χ0) is 20.9. The van der Waals surface area contributed by atoms with Gasteiger partial charge in [0, 0.05) is 6.54 Å². The minimum Gasteiger partial charge on any atom is -0.422 e. The fourth-order valence-corrected chi connectivity index (χ4v) is 2.43. The first-order valence-electron chi connectivity index (χ1n) is 8.51. The molecule has 0 aliphatic carbocycles. The molecule has 3 rings (SSSR count). The normalized spacial score (nSPS) is 11.0. The highest BCUT2D eigenvalue weighted by atomic mass is 19.4. The number of alkyl halides is 3. The number of nitrogens with zero attached hydrogens (tertiary/aromatic N) is 1. The molecule has 2 aromatic carbocycles. The molecular weight excluding hydrogens is 385 g/mol. The minimum absolute atomic E-state index is 0.0986. The molecule has 1 aromatic heterocycles. The molecule has 148 valence electrons. The van der Waals surface area contributed by atoms with E-state index in [4.69, 9.17) is 4.74 Å². The molecular formula is C21H15F3N2O3. The van der Waals surface area contributed by atoms with Gasteiger partial charge in [0.25, 0.3) is 5.91 Å². The Hall–Kier alpha value is -3.68. The Morgan fingerprint density at radius 2 is 1.48 bits per heavy atom. The third kappa shape index (κ3) is 5.41. The van der Waals surface area contributed by atoms with Crippen LogP contribution in [-0.4, -0.2) is 16.9 Å². The Kier molecular flexibility index (Phi) is 5.92. The third-order valence-corrected chi connectivity index (χ3v) is 3.84. The van der Waals surface area contributed by atoms with Crippen LogP contribution in [0.3, 0.4) is 0 Å². The summed E-state index contributed by atoms with van der Waals surface area (Å²) < 4.78 is 44.8. The molecule has 0 aliphatic rings. The van der Waals surface area contributed by atoms with Crippen LogP contribution >= 0.6 is 0 Å². The highest BCUT2D eigenvalue weighted by molar-refractivity contribution is 5.95. The van der Waals surface area contributed by atoms with Gasteiger partial charge in [-0.3, -0.25) is 4.79 Å². The van der Waals surface area contributed by atoms with E-state index in [9.17, 15) is 22.8 Å². The number of halogens is 3. The van der Waals surface area contributed by atoms with Crippen molar-refractivity contribution in [2.24, 2.45) is 0 Å². The Morgan fingerprint density at radius 3 is 2.10 bits per heavy atom. The monoisotopic (exact) mass is 400 g/mol. The van der Waals surface area contributed by atoms with E-state index in [1.165, 1.54) is 12.1 Å². The second-order valence-corrected chi connectivity index (χ2v) is 5.99. The summed E-state index contributed by atoms with van der Waals surface area (Å²) in [5.74, 6) is -1.79. The van der Waals surface area contributed by atoms with Gasteiger partial charge in [-0.25, -0.2) is 9.78 Å². The number of rotatable bonds is 5. The molecule has 0 saturated carbocycles. The summed E-state index contributed by atoms with van der Waals surface area (Å²) in [6, 6.07) is 17.8. The Morgan fingerprint density at radius 1 is 0.897 bits per heavy atom. The van der Waals surface area contributed by atoms with Crippen molar-refractivity contribution in [3.05, 3.63) is 95.3 Å². The second kappa shape index (κ2) is 8.55. The van der Waals surface area contributed by atoms with Crippen LogP contribution in [-0.2, 0) is 12.7 Å². The van der Waals surface area contributed by atoms with Gasteiger partial charge in [-0.15, -0.1) is 0 Å². The van der Waals surface area contributed by atoms with Gasteiger partial charge in [-0.2, -0.15) is 13.2 Å². The van der Waals surface area contributed by atoms with Gasteiger partial charge < -0.3 is 10.1 Å². The van der Waals surface area contributed by atoms with Gasteiger partial charge in [0.15, 0.2) is 0 Å². The van der Waals surface area contributed by atoms with Crippen LogP contribution in [0.15, 0.2) is 72.8 Å². The summed E-state index contributed by atoms with van der Waals surface area (Å²) in [7, 11) is 0. The number of aromatic nitrogens is 1. The molecule has 3 aromatic rings. The van der Waals surface area contributed by atoms with Crippen LogP contribution in [0.1, 0.15) is 32.1 Å². The van der Waals surface area contributed by atoms with E-state index in [-0.39, 0.29) is 12.3 Å². The first-order chi connectivity index (χ1) is 13.8. The van der Waals surface area contributed by atoms with Crippen molar-refractivity contribution in [1.82, 2.24) is 10.3 Å². The smallest absolute Gasteiger partial charge is 0.416 e. The number of benzene rings is 2. The Bertz CT molecular complexity index is 1010. The number of carbonyl (C=O) groups is 2. The highest BCUT2D eigenvalue weighted by Gasteiger charge is 2.33. The van der Waals surface area contributed by atoms with Crippen molar-refractivity contribution in [1.29, 1.82) is 0 Å². The average molecular weight is 400 g/mol. The molecule has 0 radical (unpaired) electrons. The average Bonchev–Trinajstić information content (AvgIpc) is 2.72. The first kappa shape index (κ1) is 20.1. The molecule has 0 unspecified atom stereocenters. The number of para-hydroxylation sites is 1. The number of esters is 1. The van der Waals surface area contributed by atoms with Gasteiger partial charge in [-0.1, -0.05) is 48.5 Å². The number of carbonyl (C=O) groups excluding carboxylic acids is 2. The van der Waals surface area contributed by atoms with Crippen molar-refractivity contribution in [2.75, 3.05) is 0 Å². The number of pyridine rings is 1. The second-order valence-electron chi connectivity index (χ2n) is 5.99. The molecule has 1 heterocycles. The van der Waals surface area contributed by atoms with Gasteiger partial charge in [0.2, 0.25) is 0 Å².